The molecule has 0 saturated carbocycles. The van der Waals surface area contributed by atoms with Crippen LogP contribution in [0.1, 0.15) is 12.5 Å². The number of hydrogen-bond acceptors (Lipinski definition) is 3. The van der Waals surface area contributed by atoms with Crippen molar-refractivity contribution in [2.45, 2.75) is 13.5 Å². The van der Waals surface area contributed by atoms with E-state index in [9.17, 15) is 10.1 Å². The molecular weight excluding hydrogens is 304 g/mol. The molecule has 5 nitrogen and oxygen atoms in total. The SMILES string of the molecule is CCn1c(-c2ccc(OC)cc2)c(/C=C/[N+](=O)[O-])c2ccccc21. The maximum atomic E-state index is 10.8. The fourth-order valence-corrected chi connectivity index (χ4v) is 3.02. The second-order valence-electron chi connectivity index (χ2n) is 5.35. The summed E-state index contributed by atoms with van der Waals surface area (Å²) in [6.45, 7) is 2.84. The summed E-state index contributed by atoms with van der Waals surface area (Å²) in [6, 6.07) is 15.7. The highest BCUT2D eigenvalue weighted by Gasteiger charge is 2.16. The van der Waals surface area contributed by atoms with Gasteiger partial charge < -0.3 is 9.30 Å². The van der Waals surface area contributed by atoms with Crippen LogP contribution < -0.4 is 4.74 Å². The van der Waals surface area contributed by atoms with Gasteiger partial charge in [0.2, 0.25) is 6.20 Å². The summed E-state index contributed by atoms with van der Waals surface area (Å²) in [4.78, 5) is 10.4. The number of fused-ring (bicyclic) bond motifs is 1. The lowest BCUT2D eigenvalue weighted by Gasteiger charge is -2.10. The Kier molecular flexibility index (Phi) is 4.33. The molecule has 0 saturated heterocycles. The van der Waals surface area contributed by atoms with Crippen molar-refractivity contribution in [1.82, 2.24) is 4.57 Å². The van der Waals surface area contributed by atoms with E-state index in [1.165, 1.54) is 0 Å². The van der Waals surface area contributed by atoms with E-state index in [1.54, 1.807) is 13.2 Å². The second kappa shape index (κ2) is 6.58. The fourth-order valence-electron chi connectivity index (χ4n) is 3.02. The number of nitro groups is 1. The molecule has 3 rings (SSSR count). The normalized spacial score (nSPS) is 11.2. The van der Waals surface area contributed by atoms with E-state index < -0.39 is 4.92 Å². The number of para-hydroxylation sites is 1. The predicted molar refractivity (Wildman–Crippen MR) is 95.6 cm³/mol. The minimum Gasteiger partial charge on any atom is -0.497 e. The number of aromatic nitrogens is 1. The lowest BCUT2D eigenvalue weighted by atomic mass is 10.0. The van der Waals surface area contributed by atoms with Crippen LogP contribution in [0.4, 0.5) is 0 Å². The van der Waals surface area contributed by atoms with Gasteiger partial charge in [0.15, 0.2) is 0 Å². The number of benzene rings is 2. The summed E-state index contributed by atoms with van der Waals surface area (Å²) >= 11 is 0. The molecule has 0 spiro atoms. The van der Waals surface area contributed by atoms with Crippen LogP contribution in [0.5, 0.6) is 5.75 Å². The van der Waals surface area contributed by atoms with E-state index >= 15 is 0 Å². The van der Waals surface area contributed by atoms with Crippen molar-refractivity contribution in [3.8, 4) is 17.0 Å². The Hall–Kier alpha value is -3.08. The van der Waals surface area contributed by atoms with Gasteiger partial charge >= 0.3 is 0 Å². The number of nitrogens with zero attached hydrogens (tertiary/aromatic N) is 2. The molecule has 0 unspecified atom stereocenters. The highest BCUT2D eigenvalue weighted by molar-refractivity contribution is 5.97. The first-order valence-corrected chi connectivity index (χ1v) is 7.73. The maximum absolute atomic E-state index is 10.8. The third-order valence-electron chi connectivity index (χ3n) is 4.05. The third-order valence-corrected chi connectivity index (χ3v) is 4.05. The van der Waals surface area contributed by atoms with Crippen molar-refractivity contribution in [2.75, 3.05) is 7.11 Å². The Bertz CT molecular complexity index is 908. The molecule has 0 fully saturated rings. The first kappa shape index (κ1) is 15.8. The fraction of sp³-hybridized carbons (Fsp3) is 0.158. The van der Waals surface area contributed by atoms with Gasteiger partial charge in [-0.15, -0.1) is 0 Å². The first-order chi connectivity index (χ1) is 11.7. The lowest BCUT2D eigenvalue weighted by Crippen LogP contribution is -1.97. The molecule has 0 aliphatic heterocycles. The van der Waals surface area contributed by atoms with Gasteiger partial charge in [0.1, 0.15) is 5.75 Å². The van der Waals surface area contributed by atoms with E-state index in [1.807, 2.05) is 48.5 Å². The van der Waals surface area contributed by atoms with Crippen LogP contribution in [0.2, 0.25) is 0 Å². The van der Waals surface area contributed by atoms with Crippen LogP contribution in [0.25, 0.3) is 28.2 Å². The molecule has 0 aliphatic carbocycles. The Balaban J connectivity index is 2.30. The van der Waals surface area contributed by atoms with Crippen molar-refractivity contribution in [3.05, 3.63) is 70.4 Å². The smallest absolute Gasteiger partial charge is 0.235 e. The number of hydrogen-bond donors (Lipinski definition) is 0. The molecule has 0 bridgehead atoms. The highest BCUT2D eigenvalue weighted by Crippen LogP contribution is 2.35. The summed E-state index contributed by atoms with van der Waals surface area (Å²) in [6.07, 6.45) is 2.57. The van der Waals surface area contributed by atoms with E-state index in [0.29, 0.717) is 0 Å². The molecule has 0 atom stereocenters. The van der Waals surface area contributed by atoms with E-state index in [-0.39, 0.29) is 0 Å². The van der Waals surface area contributed by atoms with Crippen LogP contribution in [0.3, 0.4) is 0 Å². The van der Waals surface area contributed by atoms with Crippen molar-refractivity contribution < 1.29 is 9.66 Å². The maximum Gasteiger partial charge on any atom is 0.235 e. The minimum atomic E-state index is -0.435. The molecule has 0 amide bonds. The Morgan fingerprint density at radius 2 is 1.88 bits per heavy atom. The molecule has 3 aromatic rings. The topological polar surface area (TPSA) is 57.3 Å². The number of rotatable bonds is 5. The zero-order valence-corrected chi connectivity index (χ0v) is 13.6. The molecule has 0 radical (unpaired) electrons. The zero-order chi connectivity index (χ0) is 17.1. The van der Waals surface area contributed by atoms with Crippen molar-refractivity contribution >= 4 is 17.0 Å². The standard InChI is InChI=1S/C19H18N2O3/c1-3-20-18-7-5-4-6-16(18)17(12-13-21(22)23)19(20)14-8-10-15(24-2)11-9-14/h4-13H,3H2,1-2H3/b13-12+. The van der Waals surface area contributed by atoms with Crippen LogP contribution in [-0.4, -0.2) is 16.6 Å². The van der Waals surface area contributed by atoms with Gasteiger partial charge in [-0.25, -0.2) is 0 Å². The van der Waals surface area contributed by atoms with Gasteiger partial charge in [-0.3, -0.25) is 10.1 Å². The molecule has 0 N–H and O–H groups in total. The molecule has 0 aliphatic rings. The van der Waals surface area contributed by atoms with E-state index in [0.717, 1.165) is 46.2 Å². The molecule has 2 aromatic carbocycles. The first-order valence-electron chi connectivity index (χ1n) is 7.73. The number of ether oxygens (including phenoxy) is 1. The van der Waals surface area contributed by atoms with Gasteiger partial charge in [-0.2, -0.15) is 0 Å². The zero-order valence-electron chi connectivity index (χ0n) is 13.6. The van der Waals surface area contributed by atoms with E-state index in [4.69, 9.17) is 4.74 Å². The number of methoxy groups -OCH3 is 1. The summed E-state index contributed by atoms with van der Waals surface area (Å²) in [7, 11) is 1.63. The third kappa shape index (κ3) is 2.76. The van der Waals surface area contributed by atoms with Gasteiger partial charge in [0.05, 0.1) is 17.7 Å². The average molecular weight is 322 g/mol. The van der Waals surface area contributed by atoms with E-state index in [2.05, 4.69) is 11.5 Å². The van der Waals surface area contributed by atoms with Crippen LogP contribution in [0.15, 0.2) is 54.7 Å². The molecule has 122 valence electrons. The second-order valence-corrected chi connectivity index (χ2v) is 5.35. The monoisotopic (exact) mass is 322 g/mol. The van der Waals surface area contributed by atoms with Crippen molar-refractivity contribution in [3.63, 3.8) is 0 Å². The van der Waals surface area contributed by atoms with Gasteiger partial charge in [-0.1, -0.05) is 18.2 Å². The molecule has 24 heavy (non-hydrogen) atoms. The molecule has 1 aromatic heterocycles. The predicted octanol–water partition coefficient (Wildman–Crippen LogP) is 4.58. The van der Waals surface area contributed by atoms with Gasteiger partial charge in [0.25, 0.3) is 0 Å². The molecular formula is C19H18N2O3. The van der Waals surface area contributed by atoms with Crippen LogP contribution >= 0.6 is 0 Å². The quantitative estimate of drug-likeness (QED) is 0.510. The highest BCUT2D eigenvalue weighted by atomic mass is 16.6. The number of aryl methyl sites for hydroxylation is 1. The Morgan fingerprint density at radius 1 is 1.17 bits per heavy atom. The Labute approximate surface area is 139 Å². The summed E-state index contributed by atoms with van der Waals surface area (Å²) in [5, 5.41) is 11.8. The lowest BCUT2D eigenvalue weighted by molar-refractivity contribution is -0.400. The molecule has 1 heterocycles. The van der Waals surface area contributed by atoms with Gasteiger partial charge in [0, 0.05) is 29.1 Å². The van der Waals surface area contributed by atoms with Crippen LogP contribution in [0, 0.1) is 10.1 Å². The van der Waals surface area contributed by atoms with Gasteiger partial charge in [-0.05, 0) is 42.8 Å². The van der Waals surface area contributed by atoms with Crippen molar-refractivity contribution in [1.29, 1.82) is 0 Å². The Morgan fingerprint density at radius 3 is 2.50 bits per heavy atom. The molecule has 5 heteroatoms. The largest absolute Gasteiger partial charge is 0.497 e. The van der Waals surface area contributed by atoms with Crippen LogP contribution in [-0.2, 0) is 6.54 Å². The summed E-state index contributed by atoms with van der Waals surface area (Å²) < 4.78 is 7.40. The summed E-state index contributed by atoms with van der Waals surface area (Å²) in [5.41, 5.74) is 3.89. The minimum absolute atomic E-state index is 0.435. The van der Waals surface area contributed by atoms with Crippen molar-refractivity contribution in [2.24, 2.45) is 0 Å². The summed E-state index contributed by atoms with van der Waals surface area (Å²) in [5.74, 6) is 0.778. The average Bonchev–Trinajstić information content (AvgIpc) is 2.93.